The lowest BCUT2D eigenvalue weighted by molar-refractivity contribution is -0.146. The van der Waals surface area contributed by atoms with Crippen molar-refractivity contribution in [2.45, 2.75) is 32.2 Å². The highest BCUT2D eigenvalue weighted by Crippen LogP contribution is 2.23. The summed E-state index contributed by atoms with van der Waals surface area (Å²) < 4.78 is 32.1. The number of esters is 1. The first kappa shape index (κ1) is 16.4. The topological polar surface area (TPSA) is 92.9 Å². The quantitative estimate of drug-likeness (QED) is 0.641. The fourth-order valence-corrected chi connectivity index (χ4v) is 3.69. The molecule has 19 heavy (non-hydrogen) atoms. The third kappa shape index (κ3) is 3.88. The minimum absolute atomic E-state index is 0.256. The Morgan fingerprint density at radius 1 is 1.53 bits per heavy atom. The van der Waals surface area contributed by atoms with Crippen molar-refractivity contribution in [1.82, 2.24) is 8.61 Å². The molecule has 0 spiro atoms. The first-order chi connectivity index (χ1) is 8.95. The van der Waals surface area contributed by atoms with Crippen LogP contribution in [0.5, 0.6) is 0 Å². The summed E-state index contributed by atoms with van der Waals surface area (Å²) >= 11 is 0. The first-order valence-electron chi connectivity index (χ1n) is 6.55. The van der Waals surface area contributed by atoms with Crippen molar-refractivity contribution in [3.05, 3.63) is 0 Å². The number of hydrogen-bond donors (Lipinski definition) is 1. The second kappa shape index (κ2) is 7.18. The molecule has 1 saturated heterocycles. The van der Waals surface area contributed by atoms with Crippen LogP contribution in [0.2, 0.25) is 0 Å². The third-order valence-electron chi connectivity index (χ3n) is 3.13. The van der Waals surface area contributed by atoms with Crippen LogP contribution >= 0.6 is 0 Å². The molecule has 0 amide bonds. The predicted octanol–water partition coefficient (Wildman–Crippen LogP) is -0.461. The average Bonchev–Trinajstić information content (AvgIpc) is 2.85. The van der Waals surface area contributed by atoms with E-state index in [0.717, 1.165) is 0 Å². The molecule has 1 heterocycles. The van der Waals surface area contributed by atoms with E-state index in [-0.39, 0.29) is 6.61 Å². The molecule has 7 nitrogen and oxygen atoms in total. The van der Waals surface area contributed by atoms with Crippen LogP contribution in [0.25, 0.3) is 0 Å². The average molecular weight is 293 g/mol. The molecule has 1 unspecified atom stereocenters. The minimum Gasteiger partial charge on any atom is -0.465 e. The normalized spacial score (nSPS) is 20.9. The van der Waals surface area contributed by atoms with Crippen molar-refractivity contribution in [1.29, 1.82) is 0 Å². The van der Waals surface area contributed by atoms with Crippen LogP contribution in [-0.2, 0) is 19.7 Å². The Hall–Kier alpha value is -0.700. The smallest absolute Gasteiger partial charge is 0.324 e. The minimum atomic E-state index is -3.61. The van der Waals surface area contributed by atoms with E-state index in [1.165, 1.54) is 15.7 Å². The summed E-state index contributed by atoms with van der Waals surface area (Å²) in [5, 5.41) is 0. The van der Waals surface area contributed by atoms with Crippen LogP contribution < -0.4 is 5.73 Å². The molecule has 0 aromatic carbocycles. The molecule has 1 rings (SSSR count). The summed E-state index contributed by atoms with van der Waals surface area (Å²) in [7, 11) is -2.11. The lowest BCUT2D eigenvalue weighted by Gasteiger charge is -2.27. The van der Waals surface area contributed by atoms with E-state index in [9.17, 15) is 13.2 Å². The van der Waals surface area contributed by atoms with Crippen LogP contribution in [0.1, 0.15) is 26.2 Å². The molecule has 1 aliphatic heterocycles. The zero-order valence-electron chi connectivity index (χ0n) is 11.5. The molecule has 0 radical (unpaired) electrons. The summed E-state index contributed by atoms with van der Waals surface area (Å²) in [6.45, 7) is 3.11. The highest BCUT2D eigenvalue weighted by atomic mass is 32.2. The molecular weight excluding hydrogens is 270 g/mol. The first-order valence-corrected chi connectivity index (χ1v) is 7.94. The van der Waals surface area contributed by atoms with Crippen molar-refractivity contribution in [2.75, 3.05) is 33.3 Å². The monoisotopic (exact) mass is 293 g/mol. The maximum absolute atomic E-state index is 12.4. The SMILES string of the molecule is CCOC(=O)C1CCCN1S(=O)(=O)N(C)CCCN. The fourth-order valence-electron chi connectivity index (χ4n) is 2.10. The largest absolute Gasteiger partial charge is 0.465 e. The van der Waals surface area contributed by atoms with Gasteiger partial charge in [0.05, 0.1) is 6.61 Å². The van der Waals surface area contributed by atoms with E-state index in [1.807, 2.05) is 0 Å². The van der Waals surface area contributed by atoms with Crippen molar-refractivity contribution in [3.8, 4) is 0 Å². The number of rotatable bonds is 7. The van der Waals surface area contributed by atoms with Gasteiger partial charge in [0.1, 0.15) is 6.04 Å². The van der Waals surface area contributed by atoms with Gasteiger partial charge in [0, 0.05) is 20.1 Å². The Bertz CT molecular complexity index is 399. The number of hydrogen-bond acceptors (Lipinski definition) is 5. The van der Waals surface area contributed by atoms with Crippen LogP contribution in [-0.4, -0.2) is 62.3 Å². The molecule has 2 N–H and O–H groups in total. The standard InChI is InChI=1S/C11H23N3O4S/c1-3-18-11(15)10-6-4-9-14(10)19(16,17)13(2)8-5-7-12/h10H,3-9,12H2,1-2H3. The van der Waals surface area contributed by atoms with E-state index >= 15 is 0 Å². The van der Waals surface area contributed by atoms with Crippen molar-refractivity contribution >= 4 is 16.2 Å². The summed E-state index contributed by atoms with van der Waals surface area (Å²) in [5.41, 5.74) is 5.38. The van der Waals surface area contributed by atoms with Crippen LogP contribution in [0.3, 0.4) is 0 Å². The number of nitrogens with two attached hydrogens (primary N) is 1. The van der Waals surface area contributed by atoms with Gasteiger partial charge in [0.15, 0.2) is 0 Å². The van der Waals surface area contributed by atoms with Gasteiger partial charge in [-0.3, -0.25) is 4.79 Å². The molecule has 0 aliphatic carbocycles. The van der Waals surface area contributed by atoms with Crippen molar-refractivity contribution in [2.24, 2.45) is 5.73 Å². The highest BCUT2D eigenvalue weighted by molar-refractivity contribution is 7.86. The van der Waals surface area contributed by atoms with Crippen LogP contribution in [0, 0.1) is 0 Å². The molecular formula is C11H23N3O4S. The summed E-state index contributed by atoms with van der Waals surface area (Å²) in [5.74, 6) is -0.462. The Kier molecular flexibility index (Phi) is 6.18. The highest BCUT2D eigenvalue weighted by Gasteiger charge is 2.41. The molecule has 112 valence electrons. The summed E-state index contributed by atoms with van der Waals surface area (Å²) in [6, 6.07) is -0.690. The second-order valence-corrected chi connectivity index (χ2v) is 6.48. The number of nitrogens with zero attached hydrogens (tertiary/aromatic N) is 2. The molecule has 0 bridgehead atoms. The van der Waals surface area contributed by atoms with Gasteiger partial charge in [0.25, 0.3) is 10.2 Å². The molecule has 0 saturated carbocycles. The van der Waals surface area contributed by atoms with E-state index in [0.29, 0.717) is 38.9 Å². The third-order valence-corrected chi connectivity index (χ3v) is 5.13. The molecule has 1 fully saturated rings. The number of ether oxygens (including phenoxy) is 1. The van der Waals surface area contributed by atoms with E-state index in [2.05, 4.69) is 0 Å². The van der Waals surface area contributed by atoms with Gasteiger partial charge < -0.3 is 10.5 Å². The van der Waals surface area contributed by atoms with Gasteiger partial charge in [-0.1, -0.05) is 0 Å². The Morgan fingerprint density at radius 3 is 2.79 bits per heavy atom. The predicted molar refractivity (Wildman–Crippen MR) is 71.6 cm³/mol. The zero-order chi connectivity index (χ0) is 14.5. The van der Waals surface area contributed by atoms with E-state index in [4.69, 9.17) is 10.5 Å². The van der Waals surface area contributed by atoms with E-state index < -0.39 is 22.2 Å². The van der Waals surface area contributed by atoms with E-state index in [1.54, 1.807) is 6.92 Å². The number of carbonyl (C=O) groups excluding carboxylic acids is 1. The Labute approximate surface area is 114 Å². The second-order valence-electron chi connectivity index (χ2n) is 4.49. The zero-order valence-corrected chi connectivity index (χ0v) is 12.4. The lowest BCUT2D eigenvalue weighted by atomic mass is 10.2. The van der Waals surface area contributed by atoms with Gasteiger partial charge >= 0.3 is 5.97 Å². The molecule has 0 aromatic rings. The maximum atomic E-state index is 12.4. The maximum Gasteiger partial charge on any atom is 0.324 e. The van der Waals surface area contributed by atoms with Crippen LogP contribution in [0.4, 0.5) is 0 Å². The number of carbonyl (C=O) groups is 1. The van der Waals surface area contributed by atoms with Crippen molar-refractivity contribution < 1.29 is 17.9 Å². The summed E-state index contributed by atoms with van der Waals surface area (Å²) in [6.07, 6.45) is 1.78. The van der Waals surface area contributed by atoms with Gasteiger partial charge in [-0.05, 0) is 32.7 Å². The van der Waals surface area contributed by atoms with Crippen LogP contribution in [0.15, 0.2) is 0 Å². The van der Waals surface area contributed by atoms with Gasteiger partial charge in [0.2, 0.25) is 0 Å². The lowest BCUT2D eigenvalue weighted by Crippen LogP contribution is -2.48. The van der Waals surface area contributed by atoms with Gasteiger partial charge in [-0.2, -0.15) is 17.0 Å². The van der Waals surface area contributed by atoms with Crippen molar-refractivity contribution in [3.63, 3.8) is 0 Å². The van der Waals surface area contributed by atoms with Gasteiger partial charge in [-0.15, -0.1) is 0 Å². The molecule has 8 heteroatoms. The van der Waals surface area contributed by atoms with Gasteiger partial charge in [-0.25, -0.2) is 0 Å². The Morgan fingerprint density at radius 2 is 2.21 bits per heavy atom. The molecule has 0 aromatic heterocycles. The fraction of sp³-hybridized carbons (Fsp3) is 0.909. The summed E-state index contributed by atoms with van der Waals surface area (Å²) in [4.78, 5) is 11.8. The molecule has 1 atom stereocenters. The Balaban J connectivity index is 2.78. The molecule has 1 aliphatic rings.